The highest BCUT2D eigenvalue weighted by atomic mass is 15.1. The Kier molecular flexibility index (Phi) is 2.12. The van der Waals surface area contributed by atoms with Crippen LogP contribution in [0, 0.1) is 6.92 Å². The number of aromatic amines is 1. The van der Waals surface area contributed by atoms with Crippen LogP contribution in [-0.2, 0) is 13.0 Å². The lowest BCUT2D eigenvalue weighted by molar-refractivity contribution is 0.673. The highest BCUT2D eigenvalue weighted by Gasteiger charge is 1.97. The van der Waals surface area contributed by atoms with Gasteiger partial charge in [0.05, 0.1) is 6.20 Å². The first-order valence-corrected chi connectivity index (χ1v) is 4.31. The summed E-state index contributed by atoms with van der Waals surface area (Å²) in [5.74, 6) is 1.06. The molecule has 0 aliphatic rings. The van der Waals surface area contributed by atoms with E-state index >= 15 is 0 Å². The number of nitrogens with zero attached hydrogens (tertiary/aromatic N) is 3. The van der Waals surface area contributed by atoms with Gasteiger partial charge in [0.2, 0.25) is 0 Å². The van der Waals surface area contributed by atoms with Gasteiger partial charge < -0.3 is 4.57 Å². The Balaban J connectivity index is 1.97. The monoisotopic (exact) mass is 176 g/mol. The molecule has 4 heteroatoms. The van der Waals surface area contributed by atoms with E-state index in [9.17, 15) is 0 Å². The van der Waals surface area contributed by atoms with Gasteiger partial charge in [-0.15, -0.1) is 0 Å². The molecule has 4 nitrogen and oxygen atoms in total. The maximum absolute atomic E-state index is 4.16. The van der Waals surface area contributed by atoms with Crippen molar-refractivity contribution in [1.29, 1.82) is 0 Å². The van der Waals surface area contributed by atoms with Gasteiger partial charge in [0.1, 0.15) is 5.82 Å². The number of nitrogens with one attached hydrogen (secondary N) is 1. The molecule has 0 aromatic carbocycles. The summed E-state index contributed by atoms with van der Waals surface area (Å²) in [6, 6.07) is 0. The van der Waals surface area contributed by atoms with Crippen molar-refractivity contribution >= 4 is 0 Å². The SMILES string of the molecule is Cc1nccn1CCc1cn[nH]c1. The van der Waals surface area contributed by atoms with Crippen LogP contribution in [0.1, 0.15) is 11.4 Å². The van der Waals surface area contributed by atoms with Crippen LogP contribution >= 0.6 is 0 Å². The molecule has 0 atom stereocenters. The van der Waals surface area contributed by atoms with Crippen molar-refractivity contribution in [2.45, 2.75) is 19.9 Å². The number of imidazole rings is 1. The van der Waals surface area contributed by atoms with Crippen molar-refractivity contribution in [2.24, 2.45) is 0 Å². The Bertz CT molecular complexity index is 361. The molecule has 68 valence electrons. The van der Waals surface area contributed by atoms with Gasteiger partial charge in [-0.05, 0) is 18.9 Å². The zero-order valence-electron chi connectivity index (χ0n) is 7.57. The fraction of sp³-hybridized carbons (Fsp3) is 0.333. The molecular formula is C9H12N4. The lowest BCUT2D eigenvalue weighted by Gasteiger charge is -2.02. The normalized spacial score (nSPS) is 10.5. The Hall–Kier alpha value is -1.58. The van der Waals surface area contributed by atoms with Gasteiger partial charge in [0, 0.05) is 25.1 Å². The lowest BCUT2D eigenvalue weighted by atomic mass is 10.2. The van der Waals surface area contributed by atoms with Crippen molar-refractivity contribution < 1.29 is 0 Å². The van der Waals surface area contributed by atoms with Gasteiger partial charge >= 0.3 is 0 Å². The molecule has 0 aliphatic carbocycles. The van der Waals surface area contributed by atoms with Crippen molar-refractivity contribution in [2.75, 3.05) is 0 Å². The molecule has 0 amide bonds. The zero-order valence-corrected chi connectivity index (χ0v) is 7.57. The summed E-state index contributed by atoms with van der Waals surface area (Å²) in [5, 5.41) is 6.69. The van der Waals surface area contributed by atoms with E-state index in [0.29, 0.717) is 0 Å². The smallest absolute Gasteiger partial charge is 0.105 e. The summed E-state index contributed by atoms with van der Waals surface area (Å²) in [7, 11) is 0. The van der Waals surface area contributed by atoms with Gasteiger partial charge in [-0.2, -0.15) is 5.10 Å². The summed E-state index contributed by atoms with van der Waals surface area (Å²) in [4.78, 5) is 4.16. The van der Waals surface area contributed by atoms with E-state index in [2.05, 4.69) is 19.7 Å². The molecule has 0 saturated heterocycles. The number of rotatable bonds is 3. The summed E-state index contributed by atoms with van der Waals surface area (Å²) < 4.78 is 2.13. The van der Waals surface area contributed by atoms with Crippen molar-refractivity contribution in [3.8, 4) is 0 Å². The standard InChI is InChI=1S/C9H12N4/c1-8-10-3-5-13(8)4-2-9-6-11-12-7-9/h3,5-7H,2,4H2,1H3,(H,11,12). The molecule has 0 fully saturated rings. The first-order chi connectivity index (χ1) is 6.36. The molecule has 0 saturated carbocycles. The first-order valence-electron chi connectivity index (χ1n) is 4.31. The topological polar surface area (TPSA) is 46.5 Å². The Morgan fingerprint density at radius 1 is 1.54 bits per heavy atom. The second-order valence-electron chi connectivity index (χ2n) is 3.02. The minimum Gasteiger partial charge on any atom is -0.335 e. The molecule has 0 radical (unpaired) electrons. The quantitative estimate of drug-likeness (QED) is 0.762. The van der Waals surface area contributed by atoms with E-state index in [-0.39, 0.29) is 0 Å². The van der Waals surface area contributed by atoms with Crippen LogP contribution in [-0.4, -0.2) is 19.7 Å². The van der Waals surface area contributed by atoms with Crippen LogP contribution in [0.2, 0.25) is 0 Å². The molecule has 0 unspecified atom stereocenters. The van der Waals surface area contributed by atoms with E-state index in [4.69, 9.17) is 0 Å². The highest BCUT2D eigenvalue weighted by molar-refractivity contribution is 5.02. The molecule has 2 heterocycles. The third-order valence-corrected chi connectivity index (χ3v) is 2.12. The van der Waals surface area contributed by atoms with Gasteiger partial charge in [-0.3, -0.25) is 5.10 Å². The minimum absolute atomic E-state index is 0.964. The first kappa shape index (κ1) is 8.04. The summed E-state index contributed by atoms with van der Waals surface area (Å²) in [6.07, 6.45) is 8.59. The van der Waals surface area contributed by atoms with E-state index in [1.807, 2.05) is 31.7 Å². The van der Waals surface area contributed by atoms with E-state index in [1.54, 1.807) is 0 Å². The Labute approximate surface area is 76.6 Å². The Morgan fingerprint density at radius 3 is 3.08 bits per heavy atom. The average Bonchev–Trinajstić information content (AvgIpc) is 2.72. The zero-order chi connectivity index (χ0) is 9.10. The maximum atomic E-state index is 4.16. The molecule has 2 rings (SSSR count). The second kappa shape index (κ2) is 3.43. The third-order valence-electron chi connectivity index (χ3n) is 2.12. The molecule has 2 aromatic rings. The van der Waals surface area contributed by atoms with Gasteiger partial charge in [-0.25, -0.2) is 4.98 Å². The average molecular weight is 176 g/mol. The molecule has 0 spiro atoms. The third kappa shape index (κ3) is 1.77. The van der Waals surface area contributed by atoms with Crippen molar-refractivity contribution in [3.63, 3.8) is 0 Å². The van der Waals surface area contributed by atoms with E-state index in [0.717, 1.165) is 18.8 Å². The van der Waals surface area contributed by atoms with Crippen LogP contribution in [0.25, 0.3) is 0 Å². The largest absolute Gasteiger partial charge is 0.335 e. The van der Waals surface area contributed by atoms with Gasteiger partial charge in [0.25, 0.3) is 0 Å². The number of hydrogen-bond donors (Lipinski definition) is 1. The number of H-pyrrole nitrogens is 1. The molecule has 2 aromatic heterocycles. The van der Waals surface area contributed by atoms with Crippen LogP contribution in [0.5, 0.6) is 0 Å². The van der Waals surface area contributed by atoms with E-state index < -0.39 is 0 Å². The molecule has 13 heavy (non-hydrogen) atoms. The number of aromatic nitrogens is 4. The summed E-state index contributed by atoms with van der Waals surface area (Å²) in [6.45, 7) is 2.97. The molecule has 0 bridgehead atoms. The van der Waals surface area contributed by atoms with Crippen LogP contribution in [0.15, 0.2) is 24.8 Å². The van der Waals surface area contributed by atoms with Crippen molar-refractivity contribution in [1.82, 2.24) is 19.7 Å². The second-order valence-corrected chi connectivity index (χ2v) is 3.02. The number of aryl methyl sites for hydroxylation is 3. The summed E-state index contributed by atoms with van der Waals surface area (Å²) in [5.41, 5.74) is 1.23. The minimum atomic E-state index is 0.964. The van der Waals surface area contributed by atoms with E-state index in [1.165, 1.54) is 5.56 Å². The Morgan fingerprint density at radius 2 is 2.46 bits per heavy atom. The van der Waals surface area contributed by atoms with Gasteiger partial charge in [-0.1, -0.05) is 0 Å². The molecule has 1 N–H and O–H groups in total. The predicted molar refractivity (Wildman–Crippen MR) is 49.3 cm³/mol. The van der Waals surface area contributed by atoms with Crippen LogP contribution in [0.4, 0.5) is 0 Å². The van der Waals surface area contributed by atoms with Crippen LogP contribution < -0.4 is 0 Å². The molecule has 0 aliphatic heterocycles. The fourth-order valence-corrected chi connectivity index (χ4v) is 1.30. The lowest BCUT2D eigenvalue weighted by Crippen LogP contribution is -2.01. The van der Waals surface area contributed by atoms with Crippen LogP contribution in [0.3, 0.4) is 0 Å². The molecular weight excluding hydrogens is 164 g/mol. The maximum Gasteiger partial charge on any atom is 0.105 e. The fourth-order valence-electron chi connectivity index (χ4n) is 1.30. The number of hydrogen-bond acceptors (Lipinski definition) is 2. The predicted octanol–water partition coefficient (Wildman–Crippen LogP) is 1.16. The van der Waals surface area contributed by atoms with Gasteiger partial charge in [0.15, 0.2) is 0 Å². The highest BCUT2D eigenvalue weighted by Crippen LogP contribution is 2.00. The summed E-state index contributed by atoms with van der Waals surface area (Å²) >= 11 is 0. The van der Waals surface area contributed by atoms with Crippen molar-refractivity contribution in [3.05, 3.63) is 36.2 Å².